The molecule has 21 heavy (non-hydrogen) atoms. The van der Waals surface area contributed by atoms with E-state index >= 15 is 0 Å². The van der Waals surface area contributed by atoms with Gasteiger partial charge in [-0.1, -0.05) is 49.6 Å². The van der Waals surface area contributed by atoms with Crippen LogP contribution in [-0.2, 0) is 5.41 Å². The van der Waals surface area contributed by atoms with E-state index in [1.807, 2.05) is 0 Å². The van der Waals surface area contributed by atoms with Crippen LogP contribution in [0.4, 0.5) is 0 Å². The zero-order valence-corrected chi connectivity index (χ0v) is 12.2. The molecular weight excluding hydrogens is 252 g/mol. The normalized spacial score (nSPS) is 20.2. The highest BCUT2D eigenvalue weighted by atomic mass is 14.5. The molecule has 0 fully saturated rings. The Morgan fingerprint density at radius 1 is 0.667 bits per heavy atom. The van der Waals surface area contributed by atoms with E-state index in [-0.39, 0.29) is 5.41 Å². The highest BCUT2D eigenvalue weighted by molar-refractivity contribution is 5.92. The molecule has 0 saturated carbocycles. The fraction of sp³-hybridized carbons (Fsp3) is 0.238. The molecule has 1 spiro atoms. The summed E-state index contributed by atoms with van der Waals surface area (Å²) in [4.78, 5) is 0. The maximum Gasteiger partial charge on any atom is 0.0233 e. The van der Waals surface area contributed by atoms with Gasteiger partial charge in [0.2, 0.25) is 0 Å². The third-order valence-electron chi connectivity index (χ3n) is 5.85. The van der Waals surface area contributed by atoms with Gasteiger partial charge in [-0.2, -0.15) is 0 Å². The molecule has 0 atom stereocenters. The van der Waals surface area contributed by atoms with E-state index in [0.29, 0.717) is 0 Å². The Morgan fingerprint density at radius 3 is 1.57 bits per heavy atom. The van der Waals surface area contributed by atoms with E-state index in [4.69, 9.17) is 0 Å². The Bertz CT molecular complexity index is 764. The van der Waals surface area contributed by atoms with Crippen LogP contribution in [-0.4, -0.2) is 0 Å². The van der Waals surface area contributed by atoms with Gasteiger partial charge >= 0.3 is 0 Å². The minimum atomic E-state index is 0.236. The Hall–Kier alpha value is -2.08. The molecule has 0 heteroatoms. The molecule has 2 aromatic rings. The molecule has 5 rings (SSSR count). The summed E-state index contributed by atoms with van der Waals surface area (Å²) < 4.78 is 0. The smallest absolute Gasteiger partial charge is 0.0233 e. The first-order valence-electron chi connectivity index (χ1n) is 7.86. The minimum absolute atomic E-state index is 0.236. The molecule has 0 heterocycles. The van der Waals surface area contributed by atoms with E-state index < -0.39 is 0 Å². The molecule has 3 aliphatic rings. The number of rotatable bonds is 0. The van der Waals surface area contributed by atoms with Crippen LogP contribution in [0.25, 0.3) is 22.3 Å². The van der Waals surface area contributed by atoms with E-state index in [9.17, 15) is 0 Å². The fourth-order valence-corrected chi connectivity index (χ4v) is 4.92. The minimum Gasteiger partial charge on any atom is -0.0952 e. The average Bonchev–Trinajstić information content (AvgIpc) is 2.81. The molecule has 0 radical (unpaired) electrons. The van der Waals surface area contributed by atoms with Gasteiger partial charge in [0, 0.05) is 5.41 Å². The van der Waals surface area contributed by atoms with Gasteiger partial charge in [0.15, 0.2) is 0 Å². The predicted octanol–water partition coefficient (Wildman–Crippen LogP) is 5.57. The van der Waals surface area contributed by atoms with Crippen molar-refractivity contribution in [2.45, 2.75) is 31.1 Å². The molecular formula is C21H18. The SMILES string of the molecule is C=C1CCC23CCC(=C)c4cccc(c42)-c2cccc1c23. The average molecular weight is 270 g/mol. The van der Waals surface area contributed by atoms with Gasteiger partial charge in [-0.3, -0.25) is 0 Å². The summed E-state index contributed by atoms with van der Waals surface area (Å²) >= 11 is 0. The van der Waals surface area contributed by atoms with Crippen molar-refractivity contribution < 1.29 is 0 Å². The third-order valence-corrected chi connectivity index (χ3v) is 5.85. The summed E-state index contributed by atoms with van der Waals surface area (Å²) in [6.45, 7) is 8.65. The van der Waals surface area contributed by atoms with Crippen molar-refractivity contribution in [2.24, 2.45) is 0 Å². The summed E-state index contributed by atoms with van der Waals surface area (Å²) in [6.07, 6.45) is 4.67. The second-order valence-electron chi connectivity index (χ2n) is 6.75. The number of hydrogen-bond acceptors (Lipinski definition) is 0. The molecule has 0 aromatic heterocycles. The quantitative estimate of drug-likeness (QED) is 0.587. The van der Waals surface area contributed by atoms with Gasteiger partial charge < -0.3 is 0 Å². The van der Waals surface area contributed by atoms with Crippen molar-refractivity contribution in [3.8, 4) is 11.1 Å². The Balaban J connectivity index is 1.99. The zero-order chi connectivity index (χ0) is 14.2. The predicted molar refractivity (Wildman–Crippen MR) is 89.2 cm³/mol. The van der Waals surface area contributed by atoms with Gasteiger partial charge in [0.25, 0.3) is 0 Å². The van der Waals surface area contributed by atoms with Crippen LogP contribution in [0.1, 0.15) is 47.9 Å². The first-order valence-corrected chi connectivity index (χ1v) is 7.86. The molecule has 0 N–H and O–H groups in total. The molecule has 0 bridgehead atoms. The van der Waals surface area contributed by atoms with Gasteiger partial charge in [0.05, 0.1) is 0 Å². The lowest BCUT2D eigenvalue weighted by molar-refractivity contribution is 0.438. The number of allylic oxidation sites excluding steroid dienone is 2. The van der Waals surface area contributed by atoms with E-state index in [0.717, 1.165) is 12.8 Å². The summed E-state index contributed by atoms with van der Waals surface area (Å²) in [5.41, 5.74) is 11.7. The highest BCUT2D eigenvalue weighted by Crippen LogP contribution is 2.62. The molecule has 2 aromatic carbocycles. The van der Waals surface area contributed by atoms with Crippen LogP contribution in [0, 0.1) is 0 Å². The molecule has 0 nitrogen and oxygen atoms in total. The summed E-state index contributed by atoms with van der Waals surface area (Å²) in [5, 5.41) is 0. The van der Waals surface area contributed by atoms with E-state index in [1.54, 1.807) is 11.1 Å². The fourth-order valence-electron chi connectivity index (χ4n) is 4.92. The van der Waals surface area contributed by atoms with Crippen LogP contribution in [0.2, 0.25) is 0 Å². The van der Waals surface area contributed by atoms with Crippen molar-refractivity contribution in [1.29, 1.82) is 0 Å². The van der Waals surface area contributed by atoms with E-state index in [1.165, 1.54) is 46.2 Å². The van der Waals surface area contributed by atoms with Crippen molar-refractivity contribution in [1.82, 2.24) is 0 Å². The summed E-state index contributed by atoms with van der Waals surface area (Å²) in [7, 11) is 0. The van der Waals surface area contributed by atoms with Crippen molar-refractivity contribution in [3.05, 3.63) is 71.8 Å². The Kier molecular flexibility index (Phi) is 1.96. The van der Waals surface area contributed by atoms with Gasteiger partial charge in [0.1, 0.15) is 0 Å². The van der Waals surface area contributed by atoms with Crippen LogP contribution in [0.5, 0.6) is 0 Å². The third kappa shape index (κ3) is 1.18. The number of fused-ring (bicyclic) bond motifs is 1. The van der Waals surface area contributed by atoms with Crippen LogP contribution in [0.15, 0.2) is 49.6 Å². The topological polar surface area (TPSA) is 0 Å². The largest absolute Gasteiger partial charge is 0.0952 e. The lowest BCUT2D eigenvalue weighted by Gasteiger charge is -2.42. The lowest BCUT2D eigenvalue weighted by atomic mass is 9.61. The standard InChI is InChI=1S/C21H18/c1-13-9-11-21-12-10-14(2)16-6-4-8-18(20(16)21)17-7-3-5-15(13)19(17)21/h3-8H,1-2,9-12H2. The molecule has 3 aliphatic carbocycles. The second kappa shape index (κ2) is 3.57. The first-order chi connectivity index (χ1) is 10.2. The Labute approximate surface area is 125 Å². The zero-order valence-electron chi connectivity index (χ0n) is 12.2. The van der Waals surface area contributed by atoms with Crippen molar-refractivity contribution >= 4 is 11.1 Å². The van der Waals surface area contributed by atoms with Crippen LogP contribution < -0.4 is 0 Å². The molecule has 0 unspecified atom stereocenters. The maximum absolute atomic E-state index is 4.32. The van der Waals surface area contributed by atoms with Gasteiger partial charge in [-0.05, 0) is 70.2 Å². The lowest BCUT2D eigenvalue weighted by Crippen LogP contribution is -2.32. The summed E-state index contributed by atoms with van der Waals surface area (Å²) in [5.74, 6) is 0. The highest BCUT2D eigenvalue weighted by Gasteiger charge is 2.49. The second-order valence-corrected chi connectivity index (χ2v) is 6.75. The van der Waals surface area contributed by atoms with Crippen LogP contribution in [0.3, 0.4) is 0 Å². The van der Waals surface area contributed by atoms with Gasteiger partial charge in [-0.15, -0.1) is 0 Å². The molecule has 0 amide bonds. The Morgan fingerprint density at radius 2 is 1.10 bits per heavy atom. The van der Waals surface area contributed by atoms with Gasteiger partial charge in [-0.25, -0.2) is 0 Å². The summed E-state index contributed by atoms with van der Waals surface area (Å²) in [6, 6.07) is 13.5. The number of hydrogen-bond donors (Lipinski definition) is 0. The number of benzene rings is 2. The monoisotopic (exact) mass is 270 g/mol. The maximum atomic E-state index is 4.32. The van der Waals surface area contributed by atoms with E-state index in [2.05, 4.69) is 49.6 Å². The van der Waals surface area contributed by atoms with Crippen LogP contribution >= 0.6 is 0 Å². The molecule has 0 aliphatic heterocycles. The molecule has 0 saturated heterocycles. The first kappa shape index (κ1) is 11.6. The van der Waals surface area contributed by atoms with Crippen molar-refractivity contribution in [3.63, 3.8) is 0 Å². The molecule has 102 valence electrons. The van der Waals surface area contributed by atoms with Crippen molar-refractivity contribution in [2.75, 3.05) is 0 Å².